The van der Waals surface area contributed by atoms with Crippen LogP contribution in [0.5, 0.6) is 0 Å². The zero-order chi connectivity index (χ0) is 15.0. The highest BCUT2D eigenvalue weighted by Gasteiger charge is 2.47. The highest BCUT2D eigenvalue weighted by Crippen LogP contribution is 2.45. The van der Waals surface area contributed by atoms with E-state index in [1.165, 1.54) is 11.1 Å². The molecule has 2 aromatic carbocycles. The summed E-state index contributed by atoms with van der Waals surface area (Å²) in [6.07, 6.45) is 2.49. The van der Waals surface area contributed by atoms with Gasteiger partial charge in [0, 0.05) is 37.4 Å². The van der Waals surface area contributed by atoms with Gasteiger partial charge in [0.1, 0.15) is 5.78 Å². The molecule has 2 aliphatic rings. The molecule has 0 amide bonds. The molecule has 2 saturated heterocycles. The summed E-state index contributed by atoms with van der Waals surface area (Å²) in [6.45, 7) is 1.95. The van der Waals surface area contributed by atoms with E-state index in [1.54, 1.807) is 0 Å². The maximum absolute atomic E-state index is 11.9. The molecule has 22 heavy (non-hydrogen) atoms. The van der Waals surface area contributed by atoms with Gasteiger partial charge in [0.2, 0.25) is 0 Å². The van der Waals surface area contributed by atoms with Crippen LogP contribution < -0.4 is 0 Å². The van der Waals surface area contributed by atoms with Gasteiger partial charge >= 0.3 is 0 Å². The molecule has 0 bridgehead atoms. The third kappa shape index (κ3) is 2.19. The van der Waals surface area contributed by atoms with Crippen molar-refractivity contribution in [2.45, 2.75) is 30.7 Å². The molecule has 0 saturated carbocycles. The fraction of sp³-hybridized carbons (Fsp3) is 0.350. The van der Waals surface area contributed by atoms with Crippen LogP contribution in [-0.4, -0.2) is 29.8 Å². The van der Waals surface area contributed by atoms with Crippen LogP contribution in [0.25, 0.3) is 0 Å². The van der Waals surface area contributed by atoms with E-state index in [2.05, 4.69) is 65.6 Å². The van der Waals surface area contributed by atoms with E-state index in [0.717, 1.165) is 32.4 Å². The van der Waals surface area contributed by atoms with Crippen molar-refractivity contribution in [3.05, 3.63) is 71.8 Å². The molecule has 4 rings (SSSR count). The van der Waals surface area contributed by atoms with Gasteiger partial charge in [-0.2, -0.15) is 0 Å². The van der Waals surface area contributed by atoms with Crippen LogP contribution in [0.1, 0.15) is 30.4 Å². The number of fused-ring (bicyclic) bond motifs is 1. The fourth-order valence-corrected chi connectivity index (χ4v) is 4.27. The van der Waals surface area contributed by atoms with Crippen LogP contribution in [0.3, 0.4) is 0 Å². The monoisotopic (exact) mass is 291 g/mol. The van der Waals surface area contributed by atoms with Gasteiger partial charge in [-0.15, -0.1) is 0 Å². The zero-order valence-corrected chi connectivity index (χ0v) is 12.7. The fourth-order valence-electron chi connectivity index (χ4n) is 4.27. The van der Waals surface area contributed by atoms with E-state index >= 15 is 0 Å². The molecule has 1 atom stereocenters. The lowest BCUT2D eigenvalue weighted by Gasteiger charge is -2.31. The van der Waals surface area contributed by atoms with Crippen LogP contribution in [0.15, 0.2) is 60.7 Å². The summed E-state index contributed by atoms with van der Waals surface area (Å²) < 4.78 is 0. The maximum atomic E-state index is 11.9. The second-order valence-electron chi connectivity index (χ2n) is 6.64. The summed E-state index contributed by atoms with van der Waals surface area (Å²) in [5.41, 5.74) is 2.78. The maximum Gasteiger partial charge on any atom is 0.135 e. The average Bonchev–Trinajstić information content (AvgIpc) is 2.96. The Bertz CT molecular complexity index is 625. The minimum absolute atomic E-state index is 0.0256. The van der Waals surface area contributed by atoms with E-state index < -0.39 is 0 Å². The molecule has 2 nitrogen and oxygen atoms in total. The molecule has 0 aliphatic carbocycles. The van der Waals surface area contributed by atoms with Gasteiger partial charge in [-0.3, -0.25) is 9.69 Å². The predicted octanol–water partition coefficient (Wildman–Crippen LogP) is 3.41. The van der Waals surface area contributed by atoms with Gasteiger partial charge in [-0.1, -0.05) is 60.7 Å². The lowest BCUT2D eigenvalue weighted by molar-refractivity contribution is -0.122. The van der Waals surface area contributed by atoms with Gasteiger partial charge < -0.3 is 0 Å². The Morgan fingerprint density at radius 1 is 0.909 bits per heavy atom. The van der Waals surface area contributed by atoms with E-state index in [-0.39, 0.29) is 5.41 Å². The minimum Gasteiger partial charge on any atom is -0.300 e. The van der Waals surface area contributed by atoms with Crippen molar-refractivity contribution in [2.75, 3.05) is 13.1 Å². The number of carbonyl (C=O) groups is 1. The number of carbonyl (C=O) groups excluding carboxylic acids is 1. The Balaban J connectivity index is 1.80. The van der Waals surface area contributed by atoms with Crippen LogP contribution in [-0.2, 0) is 10.2 Å². The van der Waals surface area contributed by atoms with Gasteiger partial charge in [0.15, 0.2) is 0 Å². The van der Waals surface area contributed by atoms with Crippen molar-refractivity contribution < 1.29 is 4.79 Å². The number of nitrogens with zero attached hydrogens (tertiary/aromatic N) is 1. The molecule has 0 N–H and O–H groups in total. The Morgan fingerprint density at radius 2 is 1.50 bits per heavy atom. The lowest BCUT2D eigenvalue weighted by atomic mass is 9.72. The predicted molar refractivity (Wildman–Crippen MR) is 87.9 cm³/mol. The second kappa shape index (κ2) is 5.36. The summed E-state index contributed by atoms with van der Waals surface area (Å²) in [5, 5.41) is 0. The first kappa shape index (κ1) is 13.7. The average molecular weight is 291 g/mol. The first-order valence-electron chi connectivity index (χ1n) is 8.15. The van der Waals surface area contributed by atoms with Crippen LogP contribution >= 0.6 is 0 Å². The summed E-state index contributed by atoms with van der Waals surface area (Å²) in [5.74, 6) is 0.429. The number of Topliss-reactive ketones (excluding diaryl/α,β-unsaturated/α-hetero) is 1. The topological polar surface area (TPSA) is 20.3 Å². The molecular formula is C20H21NO. The van der Waals surface area contributed by atoms with Crippen molar-refractivity contribution in [1.82, 2.24) is 4.90 Å². The van der Waals surface area contributed by atoms with E-state index in [0.29, 0.717) is 11.8 Å². The van der Waals surface area contributed by atoms with Gasteiger partial charge in [0.25, 0.3) is 0 Å². The lowest BCUT2D eigenvalue weighted by Crippen LogP contribution is -2.39. The third-order valence-corrected chi connectivity index (χ3v) is 5.37. The van der Waals surface area contributed by atoms with E-state index in [9.17, 15) is 4.79 Å². The molecule has 112 valence electrons. The number of hydrogen-bond donors (Lipinski definition) is 0. The first-order chi connectivity index (χ1) is 10.8. The SMILES string of the molecule is O=C1CCN2CC(c3ccccc3)(c3ccccc3)CC2C1. The largest absolute Gasteiger partial charge is 0.300 e. The number of benzene rings is 2. The van der Waals surface area contributed by atoms with E-state index in [4.69, 9.17) is 0 Å². The van der Waals surface area contributed by atoms with Crippen LogP contribution in [0.4, 0.5) is 0 Å². The molecule has 2 heterocycles. The molecular weight excluding hydrogens is 270 g/mol. The summed E-state index contributed by atoms with van der Waals surface area (Å²) in [4.78, 5) is 14.4. The molecule has 2 fully saturated rings. The molecule has 2 aromatic rings. The van der Waals surface area contributed by atoms with Crippen molar-refractivity contribution in [1.29, 1.82) is 0 Å². The summed E-state index contributed by atoms with van der Waals surface area (Å²) >= 11 is 0. The molecule has 2 aliphatic heterocycles. The van der Waals surface area contributed by atoms with Crippen molar-refractivity contribution in [2.24, 2.45) is 0 Å². The van der Waals surface area contributed by atoms with Crippen molar-refractivity contribution in [3.8, 4) is 0 Å². The van der Waals surface area contributed by atoms with Gasteiger partial charge in [0.05, 0.1) is 0 Å². The Morgan fingerprint density at radius 3 is 2.09 bits per heavy atom. The number of rotatable bonds is 2. The van der Waals surface area contributed by atoms with Crippen LogP contribution in [0, 0.1) is 0 Å². The molecule has 2 heteroatoms. The highest BCUT2D eigenvalue weighted by molar-refractivity contribution is 5.80. The standard InChI is InChI=1S/C20H21NO/c22-19-11-12-21-15-20(14-18(21)13-19,16-7-3-1-4-8-16)17-9-5-2-6-10-17/h1-10,18H,11-15H2. The third-order valence-electron chi connectivity index (χ3n) is 5.37. The molecule has 0 spiro atoms. The normalized spacial score (nSPS) is 24.2. The molecule has 0 radical (unpaired) electrons. The van der Waals surface area contributed by atoms with Gasteiger partial charge in [-0.25, -0.2) is 0 Å². The summed E-state index contributed by atoms with van der Waals surface area (Å²) in [7, 11) is 0. The van der Waals surface area contributed by atoms with Crippen molar-refractivity contribution >= 4 is 5.78 Å². The first-order valence-corrected chi connectivity index (χ1v) is 8.15. The van der Waals surface area contributed by atoms with E-state index in [1.807, 2.05) is 0 Å². The van der Waals surface area contributed by atoms with Crippen molar-refractivity contribution in [3.63, 3.8) is 0 Å². The van der Waals surface area contributed by atoms with Crippen LogP contribution in [0.2, 0.25) is 0 Å². The zero-order valence-electron chi connectivity index (χ0n) is 12.7. The molecule has 0 aromatic heterocycles. The van der Waals surface area contributed by atoms with Gasteiger partial charge in [-0.05, 0) is 17.5 Å². The quantitative estimate of drug-likeness (QED) is 0.845. The minimum atomic E-state index is 0.0256. The molecule has 1 unspecified atom stereocenters. The smallest absolute Gasteiger partial charge is 0.135 e. The Kier molecular flexibility index (Phi) is 3.34. The number of piperidine rings is 1. The highest BCUT2D eigenvalue weighted by atomic mass is 16.1. The summed E-state index contributed by atoms with van der Waals surface area (Å²) in [6, 6.07) is 22.0. The number of hydrogen-bond acceptors (Lipinski definition) is 2. The Labute approximate surface area is 131 Å². The Hall–Kier alpha value is -1.93. The second-order valence-corrected chi connectivity index (χ2v) is 6.64. The number of ketones is 1.